The maximum Gasteiger partial charge on any atom is 0.229 e. The maximum absolute atomic E-state index is 13.2. The smallest absolute Gasteiger partial charge is 0.229 e. The number of hydrogen-bond acceptors (Lipinski definition) is 6. The molecular formula is C21H21N5O2S. The molecule has 1 aliphatic rings. The lowest BCUT2D eigenvalue weighted by molar-refractivity contribution is 0.437. The van der Waals surface area contributed by atoms with Crippen LogP contribution in [0.25, 0.3) is 16.6 Å². The molecule has 0 unspecified atom stereocenters. The normalized spacial score (nSPS) is 16.0. The van der Waals surface area contributed by atoms with E-state index in [4.69, 9.17) is 4.98 Å². The lowest BCUT2D eigenvalue weighted by Gasteiger charge is -2.32. The monoisotopic (exact) mass is 407 g/mol. The van der Waals surface area contributed by atoms with Crippen LogP contribution < -0.4 is 4.90 Å². The van der Waals surface area contributed by atoms with E-state index in [2.05, 4.69) is 22.1 Å². The van der Waals surface area contributed by atoms with Crippen LogP contribution in [-0.4, -0.2) is 41.3 Å². The van der Waals surface area contributed by atoms with Gasteiger partial charge in [0.2, 0.25) is 14.9 Å². The largest absolute Gasteiger partial charge is 0.356 e. The minimum Gasteiger partial charge on any atom is -0.356 e. The van der Waals surface area contributed by atoms with Crippen molar-refractivity contribution in [3.63, 3.8) is 0 Å². The van der Waals surface area contributed by atoms with Crippen LogP contribution in [0.2, 0.25) is 0 Å². The van der Waals surface area contributed by atoms with Gasteiger partial charge in [0.25, 0.3) is 0 Å². The first-order chi connectivity index (χ1) is 14.1. The van der Waals surface area contributed by atoms with Gasteiger partial charge in [0.1, 0.15) is 5.82 Å². The molecule has 0 radical (unpaired) electrons. The van der Waals surface area contributed by atoms with Crippen LogP contribution in [0.1, 0.15) is 19.8 Å². The Balaban J connectivity index is 1.75. The summed E-state index contributed by atoms with van der Waals surface area (Å²) in [6.45, 7) is 4.06. The van der Waals surface area contributed by atoms with Gasteiger partial charge >= 0.3 is 0 Å². The molecule has 1 saturated heterocycles. The molecule has 0 spiro atoms. The summed E-state index contributed by atoms with van der Waals surface area (Å²) in [4.78, 5) is 7.22. The standard InChI is InChI=1S/C21H21N5O2S/c1-15-11-13-25(14-12-15)19-17-9-5-6-10-18(17)26-20(22-19)21(23-24-26)29(27,28)16-7-3-2-4-8-16/h2-10,15H,11-14H2,1H3. The molecule has 4 aromatic rings. The molecule has 0 amide bonds. The number of rotatable bonds is 3. The minimum absolute atomic E-state index is 0.110. The fourth-order valence-electron chi connectivity index (χ4n) is 3.88. The van der Waals surface area contributed by atoms with Gasteiger partial charge in [-0.15, -0.1) is 5.10 Å². The predicted octanol–water partition coefficient (Wildman–Crippen LogP) is 3.35. The number of fused-ring (bicyclic) bond motifs is 3. The van der Waals surface area contributed by atoms with Crippen LogP contribution in [-0.2, 0) is 9.84 Å². The van der Waals surface area contributed by atoms with Gasteiger partial charge in [0.15, 0.2) is 5.65 Å². The summed E-state index contributed by atoms with van der Waals surface area (Å²) in [5, 5.41) is 9.02. The summed E-state index contributed by atoms with van der Waals surface area (Å²) >= 11 is 0. The van der Waals surface area contributed by atoms with Crippen LogP contribution in [0.15, 0.2) is 64.5 Å². The van der Waals surface area contributed by atoms with Crippen LogP contribution in [0, 0.1) is 5.92 Å². The summed E-state index contributed by atoms with van der Waals surface area (Å²) in [5.41, 5.74) is 1.06. The van der Waals surface area contributed by atoms with E-state index in [0.717, 1.165) is 42.7 Å². The van der Waals surface area contributed by atoms with E-state index in [1.165, 1.54) is 4.52 Å². The Hall–Kier alpha value is -3.00. The van der Waals surface area contributed by atoms with Crippen molar-refractivity contribution in [3.05, 3.63) is 54.6 Å². The quantitative estimate of drug-likeness (QED) is 0.518. The van der Waals surface area contributed by atoms with Gasteiger partial charge in [0.05, 0.1) is 10.4 Å². The van der Waals surface area contributed by atoms with E-state index in [9.17, 15) is 8.42 Å². The topological polar surface area (TPSA) is 80.5 Å². The van der Waals surface area contributed by atoms with Crippen molar-refractivity contribution in [2.45, 2.75) is 29.7 Å². The van der Waals surface area contributed by atoms with Crippen molar-refractivity contribution >= 4 is 32.2 Å². The molecule has 2 aromatic carbocycles. The number of aromatic nitrogens is 4. The second-order valence-corrected chi connectivity index (χ2v) is 9.43. The van der Waals surface area contributed by atoms with E-state index in [1.807, 2.05) is 24.3 Å². The Morgan fingerprint density at radius 2 is 1.66 bits per heavy atom. The second kappa shape index (κ2) is 6.81. The number of anilines is 1. The number of hydrogen-bond donors (Lipinski definition) is 0. The van der Waals surface area contributed by atoms with Gasteiger partial charge in [0, 0.05) is 18.5 Å². The third kappa shape index (κ3) is 2.95. The SMILES string of the molecule is CC1CCN(c2nc3c(S(=O)(=O)c4ccccc4)nnn3c3ccccc23)CC1. The summed E-state index contributed by atoms with van der Waals surface area (Å²) in [5.74, 6) is 1.48. The van der Waals surface area contributed by atoms with E-state index >= 15 is 0 Å². The average Bonchev–Trinajstić information content (AvgIpc) is 3.20. The molecule has 2 aromatic heterocycles. The van der Waals surface area contributed by atoms with Gasteiger partial charge in [-0.2, -0.15) is 4.52 Å². The van der Waals surface area contributed by atoms with Gasteiger partial charge in [-0.05, 0) is 43.0 Å². The van der Waals surface area contributed by atoms with E-state index < -0.39 is 9.84 Å². The molecule has 0 N–H and O–H groups in total. The molecular weight excluding hydrogens is 386 g/mol. The first-order valence-corrected chi connectivity index (χ1v) is 11.2. The third-order valence-electron chi connectivity index (χ3n) is 5.59. The number of sulfone groups is 1. The van der Waals surface area contributed by atoms with Crippen molar-refractivity contribution in [1.29, 1.82) is 0 Å². The van der Waals surface area contributed by atoms with Gasteiger partial charge in [-0.25, -0.2) is 13.4 Å². The Bertz CT molecular complexity index is 1290. The highest BCUT2D eigenvalue weighted by atomic mass is 32.2. The third-order valence-corrected chi connectivity index (χ3v) is 7.26. The van der Waals surface area contributed by atoms with Crippen molar-refractivity contribution in [3.8, 4) is 0 Å². The molecule has 3 heterocycles. The first-order valence-electron chi connectivity index (χ1n) is 9.75. The predicted molar refractivity (Wildman–Crippen MR) is 111 cm³/mol. The molecule has 8 heteroatoms. The second-order valence-electron chi connectivity index (χ2n) is 7.57. The number of piperidine rings is 1. The van der Waals surface area contributed by atoms with Crippen LogP contribution >= 0.6 is 0 Å². The Labute approximate surface area is 168 Å². The van der Waals surface area contributed by atoms with Gasteiger partial charge < -0.3 is 4.90 Å². The van der Waals surface area contributed by atoms with Crippen molar-refractivity contribution < 1.29 is 8.42 Å². The molecule has 5 rings (SSSR count). The van der Waals surface area contributed by atoms with Crippen molar-refractivity contribution in [1.82, 2.24) is 19.8 Å². The summed E-state index contributed by atoms with van der Waals surface area (Å²) < 4.78 is 27.9. The molecule has 148 valence electrons. The van der Waals surface area contributed by atoms with Crippen LogP contribution in [0.4, 0.5) is 5.82 Å². The summed E-state index contributed by atoms with van der Waals surface area (Å²) in [6.07, 6.45) is 2.18. The molecule has 1 aliphatic heterocycles. The molecule has 29 heavy (non-hydrogen) atoms. The Morgan fingerprint density at radius 3 is 2.41 bits per heavy atom. The van der Waals surface area contributed by atoms with Crippen molar-refractivity contribution in [2.24, 2.45) is 5.92 Å². The van der Waals surface area contributed by atoms with Crippen molar-refractivity contribution in [2.75, 3.05) is 18.0 Å². The summed E-state index contributed by atoms with van der Waals surface area (Å²) in [6, 6.07) is 16.1. The Kier molecular flexibility index (Phi) is 4.24. The summed E-state index contributed by atoms with van der Waals surface area (Å²) in [7, 11) is -3.82. The van der Waals surface area contributed by atoms with Crippen LogP contribution in [0.3, 0.4) is 0 Å². The molecule has 0 atom stereocenters. The Morgan fingerprint density at radius 1 is 0.966 bits per heavy atom. The lowest BCUT2D eigenvalue weighted by Crippen LogP contribution is -2.33. The lowest BCUT2D eigenvalue weighted by atomic mass is 9.99. The molecule has 0 saturated carbocycles. The highest BCUT2D eigenvalue weighted by Crippen LogP contribution is 2.31. The molecule has 0 bridgehead atoms. The maximum atomic E-state index is 13.2. The van der Waals surface area contributed by atoms with E-state index in [0.29, 0.717) is 5.92 Å². The van der Waals surface area contributed by atoms with Gasteiger partial charge in [-0.1, -0.05) is 42.5 Å². The first kappa shape index (κ1) is 18.1. The van der Waals surface area contributed by atoms with Gasteiger partial charge in [-0.3, -0.25) is 0 Å². The van der Waals surface area contributed by atoms with E-state index in [-0.39, 0.29) is 15.6 Å². The number of para-hydroxylation sites is 1. The fourth-order valence-corrected chi connectivity index (χ4v) is 5.13. The zero-order valence-electron chi connectivity index (χ0n) is 16.1. The fraction of sp³-hybridized carbons (Fsp3) is 0.286. The molecule has 1 fully saturated rings. The van der Waals surface area contributed by atoms with E-state index in [1.54, 1.807) is 30.3 Å². The van der Waals surface area contributed by atoms with Crippen LogP contribution in [0.5, 0.6) is 0 Å². The number of nitrogens with zero attached hydrogens (tertiary/aromatic N) is 5. The minimum atomic E-state index is -3.82. The number of benzene rings is 2. The zero-order chi connectivity index (χ0) is 20.0. The molecule has 0 aliphatic carbocycles. The zero-order valence-corrected chi connectivity index (χ0v) is 16.9. The highest BCUT2D eigenvalue weighted by molar-refractivity contribution is 7.91. The molecule has 7 nitrogen and oxygen atoms in total. The average molecular weight is 407 g/mol. The highest BCUT2D eigenvalue weighted by Gasteiger charge is 2.28.